The van der Waals surface area contributed by atoms with Gasteiger partial charge in [0.05, 0.1) is 21.8 Å². The first-order valence-corrected chi connectivity index (χ1v) is 15.2. The number of phenols is 2. The number of hydrogen-bond acceptors (Lipinski definition) is 5. The van der Waals surface area contributed by atoms with E-state index in [1.165, 1.54) is 11.3 Å². The van der Waals surface area contributed by atoms with Crippen molar-refractivity contribution in [2.24, 2.45) is 0 Å². The summed E-state index contributed by atoms with van der Waals surface area (Å²) in [4.78, 5) is 31.3. The van der Waals surface area contributed by atoms with E-state index in [1.54, 1.807) is 33.4 Å². The summed E-state index contributed by atoms with van der Waals surface area (Å²) in [5, 5.41) is 26.3. The number of anilines is 2. The standard InChI is InChI=1S/C32H24Cl2N2O4S/c33-12-18-14-35(24-10-26(37)20-5-1-3-7-22(20)29(18)24)31(39)17-9-28(41-16-17)32(40)36-15-19(13-34)30-23-8-4-2-6-21(23)27(38)11-25(30)36/h1-11,16,18-19,37-38H,12-15H2. The maximum atomic E-state index is 13.8. The van der Waals surface area contributed by atoms with Gasteiger partial charge in [0, 0.05) is 65.0 Å². The van der Waals surface area contributed by atoms with Gasteiger partial charge in [-0.25, -0.2) is 0 Å². The van der Waals surface area contributed by atoms with E-state index >= 15 is 0 Å². The van der Waals surface area contributed by atoms with E-state index in [9.17, 15) is 19.8 Å². The number of alkyl halides is 2. The van der Waals surface area contributed by atoms with E-state index in [1.807, 2.05) is 48.5 Å². The molecule has 3 heterocycles. The number of aromatic hydroxyl groups is 2. The quantitative estimate of drug-likeness (QED) is 0.210. The number of fused-ring (bicyclic) bond motifs is 6. The Balaban J connectivity index is 1.23. The van der Waals surface area contributed by atoms with Gasteiger partial charge in [0.2, 0.25) is 0 Å². The minimum Gasteiger partial charge on any atom is -0.507 e. The molecule has 2 unspecified atom stereocenters. The zero-order valence-corrected chi connectivity index (χ0v) is 24.0. The molecule has 2 amide bonds. The number of nitrogens with zero attached hydrogens (tertiary/aromatic N) is 2. The number of halogens is 2. The number of amides is 2. The van der Waals surface area contributed by atoms with Crippen molar-refractivity contribution in [3.8, 4) is 11.5 Å². The van der Waals surface area contributed by atoms with Crippen molar-refractivity contribution in [1.29, 1.82) is 0 Å². The average molecular weight is 604 g/mol. The number of phenolic OH excluding ortho intramolecular Hbond substituents is 2. The molecule has 5 aromatic rings. The lowest BCUT2D eigenvalue weighted by molar-refractivity contribution is 0.0987. The molecule has 0 spiro atoms. The number of carbonyl (C=O) groups excluding carboxylic acids is 2. The second-order valence-electron chi connectivity index (χ2n) is 10.5. The van der Waals surface area contributed by atoms with Crippen LogP contribution in [0.4, 0.5) is 11.4 Å². The van der Waals surface area contributed by atoms with Gasteiger partial charge in [-0.2, -0.15) is 0 Å². The Bertz CT molecular complexity index is 1750. The molecular weight excluding hydrogens is 579 g/mol. The van der Waals surface area contributed by atoms with Crippen LogP contribution in [0, 0.1) is 0 Å². The highest BCUT2D eigenvalue weighted by Gasteiger charge is 2.37. The summed E-state index contributed by atoms with van der Waals surface area (Å²) in [6.07, 6.45) is 0. The van der Waals surface area contributed by atoms with Gasteiger partial charge in [0.1, 0.15) is 11.5 Å². The highest BCUT2D eigenvalue weighted by molar-refractivity contribution is 7.12. The number of hydrogen-bond donors (Lipinski definition) is 2. The maximum absolute atomic E-state index is 13.8. The zero-order chi connectivity index (χ0) is 28.4. The number of carbonyl (C=O) groups is 2. The van der Waals surface area contributed by atoms with E-state index in [2.05, 4.69) is 0 Å². The first-order chi connectivity index (χ1) is 19.9. The molecule has 0 fully saturated rings. The van der Waals surface area contributed by atoms with Gasteiger partial charge in [0.15, 0.2) is 0 Å². The third-order valence-corrected chi connectivity index (χ3v) is 9.87. The van der Waals surface area contributed by atoms with Gasteiger partial charge >= 0.3 is 0 Å². The molecule has 1 aromatic heterocycles. The van der Waals surface area contributed by atoms with Gasteiger partial charge in [-0.15, -0.1) is 34.5 Å². The summed E-state index contributed by atoms with van der Waals surface area (Å²) >= 11 is 13.9. The topological polar surface area (TPSA) is 81.1 Å². The van der Waals surface area contributed by atoms with Crippen molar-refractivity contribution in [2.45, 2.75) is 11.8 Å². The van der Waals surface area contributed by atoms with Crippen LogP contribution < -0.4 is 9.80 Å². The molecule has 2 aliphatic heterocycles. The van der Waals surface area contributed by atoms with Crippen molar-refractivity contribution in [1.82, 2.24) is 0 Å². The molecule has 2 aliphatic rings. The van der Waals surface area contributed by atoms with E-state index in [0.717, 1.165) is 32.7 Å². The van der Waals surface area contributed by atoms with Crippen molar-refractivity contribution in [3.05, 3.63) is 93.7 Å². The van der Waals surface area contributed by atoms with Crippen LogP contribution in [0.2, 0.25) is 0 Å². The summed E-state index contributed by atoms with van der Waals surface area (Å²) in [6, 6.07) is 20.0. The highest BCUT2D eigenvalue weighted by atomic mass is 35.5. The van der Waals surface area contributed by atoms with Crippen LogP contribution in [-0.4, -0.2) is 46.9 Å². The van der Waals surface area contributed by atoms with Crippen molar-refractivity contribution in [3.63, 3.8) is 0 Å². The predicted molar refractivity (Wildman–Crippen MR) is 166 cm³/mol. The molecule has 0 bridgehead atoms. The minimum atomic E-state index is -0.257. The molecule has 41 heavy (non-hydrogen) atoms. The van der Waals surface area contributed by atoms with Crippen LogP contribution in [0.1, 0.15) is 43.0 Å². The Morgan fingerprint density at radius 1 is 0.732 bits per heavy atom. The first-order valence-electron chi connectivity index (χ1n) is 13.2. The third-order valence-electron chi connectivity index (χ3n) is 8.21. The molecule has 6 nitrogen and oxygen atoms in total. The molecule has 0 radical (unpaired) electrons. The van der Waals surface area contributed by atoms with Crippen LogP contribution in [0.15, 0.2) is 72.1 Å². The second-order valence-corrected chi connectivity index (χ2v) is 12.0. The van der Waals surface area contributed by atoms with Crippen LogP contribution in [0.25, 0.3) is 21.5 Å². The van der Waals surface area contributed by atoms with Crippen LogP contribution in [0.3, 0.4) is 0 Å². The normalized spacial score (nSPS) is 17.8. The van der Waals surface area contributed by atoms with E-state index in [-0.39, 0.29) is 35.1 Å². The van der Waals surface area contributed by atoms with Crippen molar-refractivity contribution in [2.75, 3.05) is 34.6 Å². The highest BCUT2D eigenvalue weighted by Crippen LogP contribution is 2.47. The lowest BCUT2D eigenvalue weighted by atomic mass is 9.95. The average Bonchev–Trinajstić information content (AvgIpc) is 3.73. The van der Waals surface area contributed by atoms with Gasteiger partial charge < -0.3 is 20.0 Å². The number of benzene rings is 4. The summed E-state index contributed by atoms with van der Waals surface area (Å²) in [5.74, 6) is 0.191. The fourth-order valence-electron chi connectivity index (χ4n) is 6.34. The SMILES string of the molecule is O=C(c1csc(C(=O)N2CC(CCl)c3c2cc(O)c2ccccc32)c1)N1CC(CCl)c2c1cc(O)c1ccccc21. The predicted octanol–water partition coefficient (Wildman–Crippen LogP) is 7.43. The molecule has 0 aliphatic carbocycles. The molecular formula is C32H24Cl2N2O4S. The van der Waals surface area contributed by atoms with Gasteiger partial charge in [0.25, 0.3) is 11.8 Å². The van der Waals surface area contributed by atoms with Crippen molar-refractivity contribution < 1.29 is 19.8 Å². The van der Waals surface area contributed by atoms with Gasteiger partial charge in [-0.05, 0) is 28.0 Å². The van der Waals surface area contributed by atoms with Crippen LogP contribution in [0.5, 0.6) is 11.5 Å². The molecule has 206 valence electrons. The Kier molecular flexibility index (Phi) is 6.34. The Hall–Kier alpha value is -3.78. The summed E-state index contributed by atoms with van der Waals surface area (Å²) < 4.78 is 0. The second kappa shape index (κ2) is 9.94. The lowest BCUT2D eigenvalue weighted by Crippen LogP contribution is -2.30. The number of rotatable bonds is 4. The zero-order valence-electron chi connectivity index (χ0n) is 21.7. The molecule has 4 aromatic carbocycles. The first kappa shape index (κ1) is 26.1. The molecule has 7 rings (SSSR count). The molecule has 0 saturated carbocycles. The third kappa shape index (κ3) is 3.98. The molecule has 0 saturated heterocycles. The van der Waals surface area contributed by atoms with Crippen LogP contribution in [-0.2, 0) is 0 Å². The fourth-order valence-corrected chi connectivity index (χ4v) is 7.67. The Morgan fingerprint density at radius 3 is 1.68 bits per heavy atom. The van der Waals surface area contributed by atoms with E-state index < -0.39 is 0 Å². The summed E-state index contributed by atoms with van der Waals surface area (Å²) in [6.45, 7) is 0.767. The van der Waals surface area contributed by atoms with Gasteiger partial charge in [-0.1, -0.05) is 48.5 Å². The Morgan fingerprint density at radius 2 is 1.20 bits per heavy atom. The number of thiophene rings is 1. The smallest absolute Gasteiger partial charge is 0.268 e. The van der Waals surface area contributed by atoms with E-state index in [4.69, 9.17) is 23.2 Å². The monoisotopic (exact) mass is 602 g/mol. The molecule has 2 N–H and O–H groups in total. The Labute approximate surface area is 249 Å². The molecule has 2 atom stereocenters. The van der Waals surface area contributed by atoms with E-state index in [0.29, 0.717) is 46.7 Å². The largest absolute Gasteiger partial charge is 0.507 e. The van der Waals surface area contributed by atoms with Crippen LogP contribution >= 0.6 is 34.5 Å². The summed E-state index contributed by atoms with van der Waals surface area (Å²) in [7, 11) is 0. The summed E-state index contributed by atoms with van der Waals surface area (Å²) in [5.41, 5.74) is 3.56. The lowest BCUT2D eigenvalue weighted by Gasteiger charge is -2.18. The molecule has 9 heteroatoms. The van der Waals surface area contributed by atoms with Gasteiger partial charge in [-0.3, -0.25) is 9.59 Å². The maximum Gasteiger partial charge on any atom is 0.268 e. The fraction of sp³-hybridized carbons (Fsp3) is 0.188. The minimum absolute atomic E-state index is 0.0849. The van der Waals surface area contributed by atoms with Crippen molar-refractivity contribution >= 4 is 79.3 Å².